The molecule has 0 aliphatic heterocycles. The van der Waals surface area contributed by atoms with Gasteiger partial charge in [-0.2, -0.15) is 0 Å². The second-order valence-electron chi connectivity index (χ2n) is 3.64. The molecule has 1 aromatic carbocycles. The van der Waals surface area contributed by atoms with Gasteiger partial charge in [0.05, 0.1) is 6.42 Å². The molecule has 0 heterocycles. The van der Waals surface area contributed by atoms with E-state index in [-0.39, 0.29) is 25.3 Å². The maximum Gasteiger partial charge on any atom is 0.221 e. The molecule has 6 nitrogen and oxygen atoms in total. The van der Waals surface area contributed by atoms with Gasteiger partial charge in [-0.05, 0) is 6.07 Å². The highest BCUT2D eigenvalue weighted by Gasteiger charge is 2.10. The number of amides is 1. The molecule has 0 bridgehead atoms. The maximum atomic E-state index is 10.8. The van der Waals surface area contributed by atoms with Crippen molar-refractivity contribution in [1.82, 2.24) is 0 Å². The maximum absolute atomic E-state index is 10.8. The zero-order chi connectivity index (χ0) is 12.8. The second-order valence-corrected chi connectivity index (χ2v) is 3.64. The number of aromatic hydroxyl groups is 1. The topological polar surface area (TPSA) is 119 Å². The van der Waals surface area contributed by atoms with Crippen molar-refractivity contribution in [2.75, 3.05) is 13.2 Å². The molecule has 0 aliphatic carbocycles. The predicted octanol–water partition coefficient (Wildman–Crippen LogP) is -0.882. The fourth-order valence-corrected chi connectivity index (χ4v) is 1.27. The van der Waals surface area contributed by atoms with Crippen LogP contribution in [0.25, 0.3) is 0 Å². The number of aliphatic hydroxyl groups is 1. The summed E-state index contributed by atoms with van der Waals surface area (Å²) in [6, 6.07) is 4.34. The fraction of sp³-hybridized carbons (Fsp3) is 0.364. The summed E-state index contributed by atoms with van der Waals surface area (Å²) in [5, 5.41) is 18.6. The lowest BCUT2D eigenvalue weighted by Crippen LogP contribution is -2.27. The highest BCUT2D eigenvalue weighted by atomic mass is 16.5. The normalized spacial score (nSPS) is 12.1. The summed E-state index contributed by atoms with van der Waals surface area (Å²) in [5.74, 6) is -0.174. The first-order valence-corrected chi connectivity index (χ1v) is 5.14. The Balaban J connectivity index is 2.79. The number of hydrogen-bond donors (Lipinski definition) is 4. The van der Waals surface area contributed by atoms with Crippen LogP contribution in [-0.4, -0.2) is 35.4 Å². The van der Waals surface area contributed by atoms with Crippen molar-refractivity contribution in [3.05, 3.63) is 23.8 Å². The molecule has 1 rings (SSSR count). The molecule has 1 amide bonds. The summed E-state index contributed by atoms with van der Waals surface area (Å²) in [6.07, 6.45) is -0.785. The van der Waals surface area contributed by atoms with Crippen molar-refractivity contribution in [2.45, 2.75) is 12.5 Å². The number of benzene rings is 1. The highest BCUT2D eigenvalue weighted by molar-refractivity contribution is 5.77. The van der Waals surface area contributed by atoms with Crippen LogP contribution in [0.15, 0.2) is 18.2 Å². The Morgan fingerprint density at radius 1 is 1.47 bits per heavy atom. The van der Waals surface area contributed by atoms with Gasteiger partial charge in [0.2, 0.25) is 5.91 Å². The summed E-state index contributed by atoms with van der Waals surface area (Å²) in [6.45, 7) is 0.0652. The molecule has 0 unspecified atom stereocenters. The lowest BCUT2D eigenvalue weighted by Gasteiger charge is -2.13. The molecule has 6 heteroatoms. The van der Waals surface area contributed by atoms with Crippen LogP contribution in [0.2, 0.25) is 0 Å². The highest BCUT2D eigenvalue weighted by Crippen LogP contribution is 2.24. The van der Waals surface area contributed by atoms with E-state index in [2.05, 4.69) is 0 Å². The van der Waals surface area contributed by atoms with Gasteiger partial charge in [0.1, 0.15) is 24.2 Å². The van der Waals surface area contributed by atoms with Crippen LogP contribution in [-0.2, 0) is 11.2 Å². The lowest BCUT2D eigenvalue weighted by atomic mass is 10.1. The molecule has 94 valence electrons. The third-order valence-corrected chi connectivity index (χ3v) is 2.12. The molecule has 1 atom stereocenters. The second kappa shape index (κ2) is 6.07. The summed E-state index contributed by atoms with van der Waals surface area (Å²) < 4.78 is 5.27. The van der Waals surface area contributed by atoms with E-state index in [1.54, 1.807) is 6.07 Å². The van der Waals surface area contributed by atoms with Crippen LogP contribution in [0.3, 0.4) is 0 Å². The van der Waals surface area contributed by atoms with Crippen LogP contribution in [0, 0.1) is 0 Å². The average Bonchev–Trinajstić information content (AvgIpc) is 2.28. The Morgan fingerprint density at radius 2 is 2.18 bits per heavy atom. The van der Waals surface area contributed by atoms with E-state index in [4.69, 9.17) is 16.2 Å². The number of carbonyl (C=O) groups is 1. The van der Waals surface area contributed by atoms with Gasteiger partial charge in [-0.25, -0.2) is 0 Å². The number of ether oxygens (including phenoxy) is 1. The third-order valence-electron chi connectivity index (χ3n) is 2.12. The first kappa shape index (κ1) is 13.3. The van der Waals surface area contributed by atoms with Crippen LogP contribution >= 0.6 is 0 Å². The first-order chi connectivity index (χ1) is 8.02. The standard InChI is InChI=1S/C11H16N2O4/c12-5-9(15)6-17-10-4-8(14)2-1-7(10)3-11(13)16/h1-2,4,9,14-15H,3,5-6,12H2,(H2,13,16)/t9-/m0/s1. The number of phenolic OH excluding ortho intramolecular Hbond substituents is 1. The molecule has 1 aromatic rings. The molecule has 0 aliphatic rings. The van der Waals surface area contributed by atoms with E-state index in [9.17, 15) is 15.0 Å². The molecule has 0 aromatic heterocycles. The zero-order valence-electron chi connectivity index (χ0n) is 9.30. The van der Waals surface area contributed by atoms with Gasteiger partial charge in [0, 0.05) is 18.2 Å². The average molecular weight is 240 g/mol. The lowest BCUT2D eigenvalue weighted by molar-refractivity contribution is -0.117. The minimum atomic E-state index is -0.793. The Kier molecular flexibility index (Phi) is 4.74. The number of aliphatic hydroxyl groups excluding tert-OH is 1. The molecule has 0 fully saturated rings. The smallest absolute Gasteiger partial charge is 0.221 e. The molecule has 17 heavy (non-hydrogen) atoms. The van der Waals surface area contributed by atoms with Gasteiger partial charge in [0.15, 0.2) is 0 Å². The quantitative estimate of drug-likeness (QED) is 0.514. The van der Waals surface area contributed by atoms with Gasteiger partial charge in [-0.15, -0.1) is 0 Å². The summed E-state index contributed by atoms with van der Waals surface area (Å²) in [4.78, 5) is 10.8. The van der Waals surface area contributed by atoms with E-state index in [1.807, 2.05) is 0 Å². The zero-order valence-corrected chi connectivity index (χ0v) is 9.30. The van der Waals surface area contributed by atoms with Crippen LogP contribution in [0.4, 0.5) is 0 Å². The van der Waals surface area contributed by atoms with Gasteiger partial charge in [0.25, 0.3) is 0 Å². The Labute approximate surface area is 98.8 Å². The molecular formula is C11H16N2O4. The number of nitrogens with two attached hydrogens (primary N) is 2. The molecule has 0 spiro atoms. The van der Waals surface area contributed by atoms with Crippen molar-refractivity contribution in [2.24, 2.45) is 11.5 Å². The number of primary amides is 1. The first-order valence-electron chi connectivity index (χ1n) is 5.14. The number of phenols is 1. The van der Waals surface area contributed by atoms with Crippen molar-refractivity contribution in [1.29, 1.82) is 0 Å². The Morgan fingerprint density at radius 3 is 2.76 bits per heavy atom. The Hall–Kier alpha value is -1.79. The van der Waals surface area contributed by atoms with E-state index >= 15 is 0 Å². The van der Waals surface area contributed by atoms with Gasteiger partial charge < -0.3 is 26.4 Å². The molecule has 0 saturated carbocycles. The van der Waals surface area contributed by atoms with E-state index in [0.29, 0.717) is 11.3 Å². The molecule has 0 saturated heterocycles. The third kappa shape index (κ3) is 4.29. The van der Waals surface area contributed by atoms with Crippen molar-refractivity contribution in [3.8, 4) is 11.5 Å². The number of rotatable bonds is 6. The Bertz CT molecular complexity index is 395. The summed E-state index contributed by atoms with van der Waals surface area (Å²) in [7, 11) is 0. The van der Waals surface area contributed by atoms with Crippen LogP contribution in [0.5, 0.6) is 11.5 Å². The van der Waals surface area contributed by atoms with Gasteiger partial charge in [-0.1, -0.05) is 6.07 Å². The number of hydrogen-bond acceptors (Lipinski definition) is 5. The molecule has 0 radical (unpaired) electrons. The summed E-state index contributed by atoms with van der Waals surface area (Å²) >= 11 is 0. The van der Waals surface area contributed by atoms with Crippen LogP contribution in [0.1, 0.15) is 5.56 Å². The summed E-state index contributed by atoms with van der Waals surface area (Å²) in [5.41, 5.74) is 10.9. The molecular weight excluding hydrogens is 224 g/mol. The van der Waals surface area contributed by atoms with Crippen molar-refractivity contribution < 1.29 is 19.7 Å². The SMILES string of the molecule is NC[C@H](O)COc1cc(O)ccc1CC(N)=O. The number of carbonyl (C=O) groups excluding carboxylic acids is 1. The minimum Gasteiger partial charge on any atom is -0.508 e. The van der Waals surface area contributed by atoms with Crippen molar-refractivity contribution >= 4 is 5.91 Å². The van der Waals surface area contributed by atoms with E-state index in [0.717, 1.165) is 0 Å². The van der Waals surface area contributed by atoms with Gasteiger partial charge >= 0.3 is 0 Å². The minimum absolute atomic E-state index is 0.00822. The fourth-order valence-electron chi connectivity index (χ4n) is 1.27. The van der Waals surface area contributed by atoms with E-state index < -0.39 is 12.0 Å². The van der Waals surface area contributed by atoms with Crippen LogP contribution < -0.4 is 16.2 Å². The largest absolute Gasteiger partial charge is 0.508 e. The predicted molar refractivity (Wildman–Crippen MR) is 61.6 cm³/mol. The molecule has 6 N–H and O–H groups in total. The monoisotopic (exact) mass is 240 g/mol. The van der Waals surface area contributed by atoms with Crippen molar-refractivity contribution in [3.63, 3.8) is 0 Å². The van der Waals surface area contributed by atoms with Gasteiger partial charge in [-0.3, -0.25) is 4.79 Å². The van der Waals surface area contributed by atoms with E-state index in [1.165, 1.54) is 12.1 Å².